The van der Waals surface area contributed by atoms with Gasteiger partial charge in [0.25, 0.3) is 0 Å². The molecular weight excluding hydrogens is 184 g/mol. The predicted octanol–water partition coefficient (Wildman–Crippen LogP) is 3.59. The van der Waals surface area contributed by atoms with Crippen LogP contribution < -0.4 is 5.32 Å². The van der Waals surface area contributed by atoms with Crippen LogP contribution >= 0.6 is 0 Å². The Kier molecular flexibility index (Phi) is 3.51. The molecule has 15 heavy (non-hydrogen) atoms. The van der Waals surface area contributed by atoms with E-state index in [1.54, 1.807) is 0 Å². The molecule has 2 nitrogen and oxygen atoms in total. The Morgan fingerprint density at radius 1 is 1.47 bits per heavy atom. The lowest BCUT2D eigenvalue weighted by Crippen LogP contribution is -2.05. The molecular formula is C13H20N2. The molecule has 0 unspecified atom stereocenters. The van der Waals surface area contributed by atoms with Crippen LogP contribution in [-0.4, -0.2) is 12.0 Å². The summed E-state index contributed by atoms with van der Waals surface area (Å²) in [7, 11) is 1.90. The summed E-state index contributed by atoms with van der Waals surface area (Å²) < 4.78 is 0. The number of nitrogens with zero attached hydrogens (tertiary/aromatic N) is 1. The third-order valence-electron chi connectivity index (χ3n) is 2.56. The van der Waals surface area contributed by atoms with Crippen molar-refractivity contribution in [3.63, 3.8) is 0 Å². The summed E-state index contributed by atoms with van der Waals surface area (Å²) in [6.45, 7) is 12.6. The van der Waals surface area contributed by atoms with Crippen LogP contribution in [0.1, 0.15) is 43.4 Å². The highest BCUT2D eigenvalue weighted by atomic mass is 15.0. The molecule has 0 saturated carbocycles. The number of aryl methyl sites for hydroxylation is 1. The number of allylic oxidation sites excluding steroid dienone is 1. The Morgan fingerprint density at radius 2 is 2.07 bits per heavy atom. The third kappa shape index (κ3) is 2.20. The van der Waals surface area contributed by atoms with Gasteiger partial charge >= 0.3 is 0 Å². The van der Waals surface area contributed by atoms with Crippen molar-refractivity contribution in [2.45, 2.75) is 33.6 Å². The van der Waals surface area contributed by atoms with E-state index in [9.17, 15) is 0 Å². The van der Waals surface area contributed by atoms with Gasteiger partial charge in [-0.05, 0) is 36.5 Å². The van der Waals surface area contributed by atoms with E-state index in [1.807, 2.05) is 20.2 Å². The van der Waals surface area contributed by atoms with Gasteiger partial charge in [-0.3, -0.25) is 0 Å². The quantitative estimate of drug-likeness (QED) is 0.814. The first-order valence-corrected chi connectivity index (χ1v) is 5.32. The lowest BCUT2D eigenvalue weighted by atomic mass is 9.91. The average molecular weight is 204 g/mol. The first-order valence-electron chi connectivity index (χ1n) is 5.32. The molecule has 1 heterocycles. The molecule has 0 fully saturated rings. The molecule has 0 atom stereocenters. The van der Waals surface area contributed by atoms with E-state index in [0.29, 0.717) is 5.92 Å². The summed E-state index contributed by atoms with van der Waals surface area (Å²) in [6.07, 6.45) is 1.92. The molecule has 2 heteroatoms. The maximum atomic E-state index is 4.39. The lowest BCUT2D eigenvalue weighted by molar-refractivity contribution is 0.847. The topological polar surface area (TPSA) is 24.9 Å². The van der Waals surface area contributed by atoms with Crippen LogP contribution in [-0.2, 0) is 0 Å². The number of aromatic nitrogens is 1. The molecule has 0 radical (unpaired) electrons. The van der Waals surface area contributed by atoms with Gasteiger partial charge in [0, 0.05) is 18.8 Å². The fourth-order valence-corrected chi connectivity index (χ4v) is 1.99. The molecule has 82 valence electrons. The van der Waals surface area contributed by atoms with Crippen LogP contribution in [0.25, 0.3) is 5.57 Å². The van der Waals surface area contributed by atoms with Crippen LogP contribution in [0.3, 0.4) is 0 Å². The standard InChI is InChI=1S/C13H20N2/c1-8(2)11-10(5)7-15-13(14-6)12(11)9(3)4/h7-8H,3H2,1-2,4-6H3,(H,14,15). The Hall–Kier alpha value is -1.31. The molecule has 0 bridgehead atoms. The van der Waals surface area contributed by atoms with E-state index in [1.165, 1.54) is 16.7 Å². The zero-order chi connectivity index (χ0) is 11.6. The minimum absolute atomic E-state index is 0.492. The fraction of sp³-hybridized carbons (Fsp3) is 0.462. The van der Waals surface area contributed by atoms with E-state index in [2.05, 4.69) is 37.7 Å². The first-order chi connectivity index (χ1) is 6.99. The van der Waals surface area contributed by atoms with E-state index in [4.69, 9.17) is 0 Å². The van der Waals surface area contributed by atoms with Crippen molar-refractivity contribution in [1.29, 1.82) is 0 Å². The Bertz CT molecular complexity index is 378. The highest BCUT2D eigenvalue weighted by Gasteiger charge is 2.14. The van der Waals surface area contributed by atoms with E-state index in [-0.39, 0.29) is 0 Å². The molecule has 0 aromatic carbocycles. The Morgan fingerprint density at radius 3 is 2.47 bits per heavy atom. The monoisotopic (exact) mass is 204 g/mol. The minimum Gasteiger partial charge on any atom is -0.373 e. The van der Waals surface area contributed by atoms with Gasteiger partial charge in [0.2, 0.25) is 0 Å². The summed E-state index contributed by atoms with van der Waals surface area (Å²) in [6, 6.07) is 0. The number of nitrogens with one attached hydrogen (secondary N) is 1. The van der Waals surface area contributed by atoms with Crippen molar-refractivity contribution in [3.8, 4) is 0 Å². The van der Waals surface area contributed by atoms with Crippen LogP contribution in [0, 0.1) is 6.92 Å². The van der Waals surface area contributed by atoms with Crippen LogP contribution in [0.2, 0.25) is 0 Å². The molecule has 1 aromatic heterocycles. The Labute approximate surface area is 92.4 Å². The molecule has 0 spiro atoms. The lowest BCUT2D eigenvalue weighted by Gasteiger charge is -2.18. The summed E-state index contributed by atoms with van der Waals surface area (Å²) in [5, 5.41) is 3.13. The maximum absolute atomic E-state index is 4.39. The highest BCUT2D eigenvalue weighted by molar-refractivity contribution is 5.75. The van der Waals surface area contributed by atoms with Crippen LogP contribution in [0.4, 0.5) is 5.82 Å². The van der Waals surface area contributed by atoms with Crippen molar-refractivity contribution in [3.05, 3.63) is 29.5 Å². The number of anilines is 1. The second kappa shape index (κ2) is 4.47. The molecule has 0 amide bonds. The molecule has 1 N–H and O–H groups in total. The average Bonchev–Trinajstić information content (AvgIpc) is 2.16. The second-order valence-corrected chi connectivity index (χ2v) is 4.26. The predicted molar refractivity (Wildman–Crippen MR) is 67.3 cm³/mol. The molecule has 0 aliphatic carbocycles. The van der Waals surface area contributed by atoms with Crippen LogP contribution in [0.5, 0.6) is 0 Å². The van der Waals surface area contributed by atoms with Gasteiger partial charge in [-0.1, -0.05) is 20.4 Å². The highest BCUT2D eigenvalue weighted by Crippen LogP contribution is 2.31. The van der Waals surface area contributed by atoms with Gasteiger partial charge in [-0.15, -0.1) is 0 Å². The number of pyridine rings is 1. The minimum atomic E-state index is 0.492. The smallest absolute Gasteiger partial charge is 0.133 e. The Balaban J connectivity index is 3.51. The normalized spacial score (nSPS) is 10.5. The second-order valence-electron chi connectivity index (χ2n) is 4.26. The first kappa shape index (κ1) is 11.8. The zero-order valence-electron chi connectivity index (χ0n) is 10.3. The maximum Gasteiger partial charge on any atom is 0.133 e. The summed E-state index contributed by atoms with van der Waals surface area (Å²) in [4.78, 5) is 4.39. The molecule has 0 saturated heterocycles. The molecule has 1 rings (SSSR count). The van der Waals surface area contributed by atoms with Gasteiger partial charge in [0.15, 0.2) is 0 Å². The summed E-state index contributed by atoms with van der Waals surface area (Å²) in [5.41, 5.74) is 4.83. The van der Waals surface area contributed by atoms with Gasteiger partial charge in [0.05, 0.1) is 0 Å². The number of hydrogen-bond acceptors (Lipinski definition) is 2. The molecule has 0 aliphatic heterocycles. The van der Waals surface area contributed by atoms with Crippen molar-refractivity contribution in [2.75, 3.05) is 12.4 Å². The van der Waals surface area contributed by atoms with Crippen molar-refractivity contribution in [1.82, 2.24) is 4.98 Å². The number of rotatable bonds is 3. The number of hydrogen-bond donors (Lipinski definition) is 1. The zero-order valence-corrected chi connectivity index (χ0v) is 10.3. The van der Waals surface area contributed by atoms with Crippen LogP contribution in [0.15, 0.2) is 12.8 Å². The fourth-order valence-electron chi connectivity index (χ4n) is 1.99. The van der Waals surface area contributed by atoms with Crippen molar-refractivity contribution in [2.24, 2.45) is 0 Å². The summed E-state index contributed by atoms with van der Waals surface area (Å²) >= 11 is 0. The third-order valence-corrected chi connectivity index (χ3v) is 2.56. The van der Waals surface area contributed by atoms with Gasteiger partial charge in [-0.25, -0.2) is 4.98 Å². The molecule has 0 aliphatic rings. The summed E-state index contributed by atoms with van der Waals surface area (Å²) in [5.74, 6) is 1.42. The van der Waals surface area contributed by atoms with E-state index in [0.717, 1.165) is 11.4 Å². The SMILES string of the molecule is C=C(C)c1c(NC)ncc(C)c1C(C)C. The van der Waals surface area contributed by atoms with Crippen molar-refractivity contribution < 1.29 is 0 Å². The van der Waals surface area contributed by atoms with Gasteiger partial charge in [-0.2, -0.15) is 0 Å². The molecule has 1 aromatic rings. The van der Waals surface area contributed by atoms with E-state index >= 15 is 0 Å². The van der Waals surface area contributed by atoms with Gasteiger partial charge < -0.3 is 5.32 Å². The largest absolute Gasteiger partial charge is 0.373 e. The van der Waals surface area contributed by atoms with Gasteiger partial charge in [0.1, 0.15) is 5.82 Å². The van der Waals surface area contributed by atoms with E-state index < -0.39 is 0 Å². The van der Waals surface area contributed by atoms with Crippen molar-refractivity contribution >= 4 is 11.4 Å².